The average Bonchev–Trinajstić information content (AvgIpc) is 2.47. The van der Waals surface area contributed by atoms with Gasteiger partial charge in [0.25, 0.3) is 5.97 Å². The monoisotopic (exact) mass is 366 g/mol. The van der Waals surface area contributed by atoms with Crippen molar-refractivity contribution in [2.45, 2.75) is 45.1 Å². The Morgan fingerprint density at radius 1 is 1.35 bits per heavy atom. The van der Waals surface area contributed by atoms with Crippen molar-refractivity contribution >= 4 is 30.8 Å². The number of aromatic nitrogens is 1. The number of unbranched alkanes of at least 4 members (excludes halogenated alkanes) is 1. The van der Waals surface area contributed by atoms with Crippen LogP contribution < -0.4 is 0 Å². The van der Waals surface area contributed by atoms with Crippen molar-refractivity contribution < 1.29 is 15.0 Å². The molecular formula is C16H28Cl2N2O3. The van der Waals surface area contributed by atoms with Gasteiger partial charge >= 0.3 is 0 Å². The van der Waals surface area contributed by atoms with Crippen molar-refractivity contribution in [3.8, 4) is 0 Å². The molecular weight excluding hydrogens is 339 g/mol. The summed E-state index contributed by atoms with van der Waals surface area (Å²) in [7, 11) is 0. The normalized spacial score (nSPS) is 16.1. The molecule has 0 amide bonds. The number of nitrogens with zero attached hydrogens (tertiary/aromatic N) is 2. The molecule has 134 valence electrons. The van der Waals surface area contributed by atoms with Crippen LogP contribution in [0.2, 0.25) is 0 Å². The van der Waals surface area contributed by atoms with Crippen molar-refractivity contribution in [1.82, 2.24) is 9.88 Å². The highest BCUT2D eigenvalue weighted by Gasteiger charge is 2.33. The van der Waals surface area contributed by atoms with Gasteiger partial charge in [0, 0.05) is 38.0 Å². The lowest BCUT2D eigenvalue weighted by Gasteiger charge is -2.38. The van der Waals surface area contributed by atoms with E-state index in [2.05, 4.69) is 16.8 Å². The number of carbonyl (C=O) groups is 1. The smallest absolute Gasteiger partial charge is 0.300 e. The van der Waals surface area contributed by atoms with Crippen LogP contribution in [0.3, 0.4) is 0 Å². The molecule has 1 aromatic rings. The van der Waals surface area contributed by atoms with E-state index in [9.17, 15) is 5.11 Å². The van der Waals surface area contributed by atoms with Crippen LogP contribution in [0.15, 0.2) is 24.5 Å². The first-order valence-electron chi connectivity index (χ1n) is 7.52. The molecule has 5 nitrogen and oxygen atoms in total. The Morgan fingerprint density at radius 3 is 2.35 bits per heavy atom. The van der Waals surface area contributed by atoms with Crippen LogP contribution in [-0.4, -0.2) is 45.7 Å². The molecule has 1 saturated heterocycles. The second-order valence-electron chi connectivity index (χ2n) is 5.49. The van der Waals surface area contributed by atoms with E-state index in [0.29, 0.717) is 0 Å². The predicted molar refractivity (Wildman–Crippen MR) is 96.5 cm³/mol. The quantitative estimate of drug-likeness (QED) is 0.856. The number of carboxylic acid groups (broad SMARTS) is 1. The highest BCUT2D eigenvalue weighted by molar-refractivity contribution is 5.85. The number of aliphatic carboxylic acids is 1. The predicted octanol–water partition coefficient (Wildman–Crippen LogP) is 3.10. The number of carboxylic acids is 1. The summed E-state index contributed by atoms with van der Waals surface area (Å²) in [6, 6.07) is 3.88. The summed E-state index contributed by atoms with van der Waals surface area (Å²) < 4.78 is 0. The molecule has 0 radical (unpaired) electrons. The van der Waals surface area contributed by atoms with Gasteiger partial charge in [0.05, 0.1) is 5.60 Å². The molecule has 1 aromatic heterocycles. The third-order valence-electron chi connectivity index (χ3n) is 3.71. The molecule has 23 heavy (non-hydrogen) atoms. The Kier molecular flexibility index (Phi) is 13.3. The van der Waals surface area contributed by atoms with Gasteiger partial charge in [-0.15, -0.1) is 24.8 Å². The third-order valence-corrected chi connectivity index (χ3v) is 3.71. The molecule has 0 atom stereocenters. The van der Waals surface area contributed by atoms with Gasteiger partial charge in [0.2, 0.25) is 0 Å². The van der Waals surface area contributed by atoms with Gasteiger partial charge in [-0.05, 0) is 31.9 Å². The molecule has 1 fully saturated rings. The molecule has 2 N–H and O–H groups in total. The van der Waals surface area contributed by atoms with Crippen LogP contribution in [0.25, 0.3) is 0 Å². The van der Waals surface area contributed by atoms with Crippen molar-refractivity contribution in [1.29, 1.82) is 0 Å². The van der Waals surface area contributed by atoms with Crippen LogP contribution in [0.5, 0.6) is 0 Å². The number of hydrogen-bond donors (Lipinski definition) is 2. The number of halogens is 2. The average molecular weight is 367 g/mol. The van der Waals surface area contributed by atoms with Gasteiger partial charge < -0.3 is 15.1 Å². The summed E-state index contributed by atoms with van der Waals surface area (Å²) >= 11 is 0. The minimum atomic E-state index is -0.833. The summed E-state index contributed by atoms with van der Waals surface area (Å²) in [5.41, 5.74) is 0.312. The minimum absolute atomic E-state index is 0. The van der Waals surface area contributed by atoms with Gasteiger partial charge in [-0.2, -0.15) is 0 Å². The van der Waals surface area contributed by atoms with Crippen LogP contribution >= 0.6 is 24.8 Å². The van der Waals surface area contributed by atoms with Crippen LogP contribution in [0.1, 0.15) is 45.1 Å². The minimum Gasteiger partial charge on any atom is -0.481 e. The van der Waals surface area contributed by atoms with Gasteiger partial charge in [0.1, 0.15) is 0 Å². The zero-order valence-corrected chi connectivity index (χ0v) is 15.4. The van der Waals surface area contributed by atoms with Crippen molar-refractivity contribution in [2.75, 3.05) is 19.6 Å². The molecule has 0 bridgehead atoms. The zero-order chi connectivity index (χ0) is 15.7. The van der Waals surface area contributed by atoms with E-state index in [1.165, 1.54) is 19.4 Å². The van der Waals surface area contributed by atoms with Crippen LogP contribution in [0.4, 0.5) is 0 Å². The first-order chi connectivity index (χ1) is 9.98. The Hall–Kier alpha value is -0.880. The van der Waals surface area contributed by atoms with E-state index < -0.39 is 11.6 Å². The molecule has 0 aromatic carbocycles. The summed E-state index contributed by atoms with van der Waals surface area (Å²) in [5, 5.41) is 18.0. The fourth-order valence-electron chi connectivity index (χ4n) is 2.45. The lowest BCUT2D eigenvalue weighted by atomic mass is 9.85. The SMILES string of the molecule is CC(=O)O.CCCCN1CCC(O)(c2cccnc2)CC1.Cl.Cl. The first kappa shape index (κ1) is 24.4. The molecule has 1 aliphatic heterocycles. The lowest BCUT2D eigenvalue weighted by Crippen LogP contribution is -2.42. The third kappa shape index (κ3) is 9.11. The van der Waals surface area contributed by atoms with Gasteiger partial charge in [0.15, 0.2) is 0 Å². The molecule has 7 heteroatoms. The van der Waals surface area contributed by atoms with E-state index in [1.54, 1.807) is 12.4 Å². The van der Waals surface area contributed by atoms with E-state index in [-0.39, 0.29) is 24.8 Å². The Morgan fingerprint density at radius 2 is 1.91 bits per heavy atom. The molecule has 2 rings (SSSR count). The van der Waals surface area contributed by atoms with E-state index in [1.807, 2.05) is 12.1 Å². The van der Waals surface area contributed by atoms with Crippen molar-refractivity contribution in [2.24, 2.45) is 0 Å². The number of pyridine rings is 1. The van der Waals surface area contributed by atoms with Gasteiger partial charge in [-0.25, -0.2) is 0 Å². The topological polar surface area (TPSA) is 73.7 Å². The maximum Gasteiger partial charge on any atom is 0.300 e. The largest absolute Gasteiger partial charge is 0.481 e. The number of aliphatic hydroxyl groups is 1. The summed E-state index contributed by atoms with van der Waals surface area (Å²) in [5.74, 6) is -0.833. The maximum atomic E-state index is 10.6. The molecule has 0 saturated carbocycles. The fraction of sp³-hybridized carbons (Fsp3) is 0.625. The van der Waals surface area contributed by atoms with Crippen LogP contribution in [0, 0.1) is 0 Å². The molecule has 0 spiro atoms. The Labute approximate surface area is 150 Å². The zero-order valence-electron chi connectivity index (χ0n) is 13.8. The second kappa shape index (κ2) is 12.5. The highest BCUT2D eigenvalue weighted by atomic mass is 35.5. The molecule has 1 aliphatic rings. The number of likely N-dealkylation sites (tertiary alicyclic amines) is 1. The molecule has 0 unspecified atom stereocenters. The van der Waals surface area contributed by atoms with Crippen molar-refractivity contribution in [3.05, 3.63) is 30.1 Å². The van der Waals surface area contributed by atoms with Crippen LogP contribution in [-0.2, 0) is 10.4 Å². The number of piperidine rings is 1. The summed E-state index contributed by atoms with van der Waals surface area (Å²) in [6.07, 6.45) is 7.68. The first-order valence-corrected chi connectivity index (χ1v) is 7.52. The van der Waals surface area contributed by atoms with E-state index >= 15 is 0 Å². The standard InChI is InChI=1S/C14H22N2O.C2H4O2.2ClH/c1-2-3-9-16-10-6-14(17,7-11-16)13-5-4-8-15-12-13;1-2(3)4;;/h4-5,8,12,17H,2-3,6-7,9-11H2,1H3;1H3,(H,3,4);2*1H. The Bertz CT molecular complexity index is 421. The van der Waals surface area contributed by atoms with Crippen molar-refractivity contribution in [3.63, 3.8) is 0 Å². The molecule has 2 heterocycles. The highest BCUT2D eigenvalue weighted by Crippen LogP contribution is 2.32. The summed E-state index contributed by atoms with van der Waals surface area (Å²) in [6.45, 7) is 6.45. The fourth-order valence-corrected chi connectivity index (χ4v) is 2.45. The molecule has 0 aliphatic carbocycles. The second-order valence-corrected chi connectivity index (χ2v) is 5.49. The summed E-state index contributed by atoms with van der Waals surface area (Å²) in [4.78, 5) is 15.6. The Balaban J connectivity index is 0. The lowest BCUT2D eigenvalue weighted by molar-refractivity contribution is -0.134. The van der Waals surface area contributed by atoms with E-state index in [4.69, 9.17) is 9.90 Å². The van der Waals surface area contributed by atoms with Gasteiger partial charge in [-0.1, -0.05) is 19.4 Å². The maximum absolute atomic E-state index is 10.6. The van der Waals surface area contributed by atoms with E-state index in [0.717, 1.165) is 38.4 Å². The number of rotatable bonds is 4. The van der Waals surface area contributed by atoms with Gasteiger partial charge in [-0.3, -0.25) is 9.78 Å². The number of hydrogen-bond acceptors (Lipinski definition) is 4.